The largest absolute Gasteiger partial charge is 0.480 e. The van der Waals surface area contributed by atoms with Crippen LogP contribution in [0, 0.1) is 5.92 Å². The second-order valence-electron chi connectivity index (χ2n) is 9.18. The Hall–Kier alpha value is -1.22. The van der Waals surface area contributed by atoms with Gasteiger partial charge in [-0.1, -0.05) is 19.3 Å². The molecule has 0 saturated carbocycles. The highest BCUT2D eigenvalue weighted by molar-refractivity contribution is 5.73. The molecule has 30 heavy (non-hydrogen) atoms. The lowest BCUT2D eigenvalue weighted by atomic mass is 9.84. The lowest BCUT2D eigenvalue weighted by Gasteiger charge is -2.44. The first-order chi connectivity index (χ1) is 14.4. The number of carboxylic acids is 2. The number of nitrogens with two attached hydrogens (primary N) is 2. The summed E-state index contributed by atoms with van der Waals surface area (Å²) in [5, 5.41) is 17.8. The van der Waals surface area contributed by atoms with Crippen LogP contribution in [0.5, 0.6) is 0 Å². The average Bonchev–Trinajstić information content (AvgIpc) is 2.74. The smallest absolute Gasteiger partial charge is 0.320 e. The van der Waals surface area contributed by atoms with E-state index in [1.807, 2.05) is 0 Å². The van der Waals surface area contributed by atoms with Gasteiger partial charge in [-0.15, -0.1) is 0 Å². The van der Waals surface area contributed by atoms with Crippen LogP contribution in [-0.2, 0) is 9.59 Å². The van der Waals surface area contributed by atoms with Crippen molar-refractivity contribution in [1.82, 2.24) is 9.80 Å². The number of hydrogen-bond acceptors (Lipinski definition) is 6. The fourth-order valence-corrected chi connectivity index (χ4v) is 5.06. The third kappa shape index (κ3) is 8.49. The third-order valence-corrected chi connectivity index (χ3v) is 6.83. The van der Waals surface area contributed by atoms with Crippen molar-refractivity contribution in [3.05, 3.63) is 0 Å². The number of aliphatic carboxylic acids is 2. The standard InChI is InChI=1S/C22H42N4O4/c23-18(21(27)28)9-1-4-12-25-13-7-8-17(16-25)20-11-3-6-15-26(20)14-5-2-10-19(24)22(29)30/h17-20H,1-16,23-24H2,(H,27,28)(H,29,30)/t17?,18-,19-,20+/m0/s1. The van der Waals surface area contributed by atoms with Crippen LogP contribution in [0.3, 0.4) is 0 Å². The third-order valence-electron chi connectivity index (χ3n) is 6.83. The number of hydrogen-bond donors (Lipinski definition) is 4. The zero-order valence-electron chi connectivity index (χ0n) is 18.4. The lowest BCUT2D eigenvalue weighted by Crippen LogP contribution is -2.50. The van der Waals surface area contributed by atoms with Gasteiger partial charge in [0.15, 0.2) is 0 Å². The molecule has 2 heterocycles. The SMILES string of the molecule is N[C@@H](CCCCN1CCCC([C@H]2CCCCN2CCCC[C@H](N)C(=O)O)C1)C(=O)O. The van der Waals surface area contributed by atoms with E-state index in [-0.39, 0.29) is 0 Å². The molecule has 2 aliphatic heterocycles. The first-order valence-corrected chi connectivity index (χ1v) is 11.8. The number of carbonyl (C=O) groups is 2. The molecule has 8 nitrogen and oxygen atoms in total. The van der Waals surface area contributed by atoms with E-state index in [9.17, 15) is 9.59 Å². The first kappa shape index (κ1) is 25.0. The zero-order chi connectivity index (χ0) is 21.9. The topological polar surface area (TPSA) is 133 Å². The van der Waals surface area contributed by atoms with E-state index in [0.29, 0.717) is 24.8 Å². The highest BCUT2D eigenvalue weighted by Gasteiger charge is 2.32. The van der Waals surface area contributed by atoms with Crippen LogP contribution >= 0.6 is 0 Å². The van der Waals surface area contributed by atoms with Gasteiger partial charge in [0.1, 0.15) is 12.1 Å². The van der Waals surface area contributed by atoms with Crippen LogP contribution in [0.1, 0.15) is 70.6 Å². The van der Waals surface area contributed by atoms with E-state index in [4.69, 9.17) is 21.7 Å². The maximum Gasteiger partial charge on any atom is 0.320 e. The van der Waals surface area contributed by atoms with Crippen molar-refractivity contribution in [2.45, 2.75) is 88.8 Å². The molecule has 0 radical (unpaired) electrons. The summed E-state index contributed by atoms with van der Waals surface area (Å²) >= 11 is 0. The second-order valence-corrected chi connectivity index (χ2v) is 9.18. The lowest BCUT2D eigenvalue weighted by molar-refractivity contribution is -0.139. The molecule has 174 valence electrons. The monoisotopic (exact) mass is 426 g/mol. The van der Waals surface area contributed by atoms with Crippen molar-refractivity contribution in [3.63, 3.8) is 0 Å². The number of piperidine rings is 2. The Morgan fingerprint density at radius 3 is 2.10 bits per heavy atom. The molecular weight excluding hydrogens is 384 g/mol. The predicted octanol–water partition coefficient (Wildman–Crippen LogP) is 1.72. The van der Waals surface area contributed by atoms with Crippen molar-refractivity contribution >= 4 is 11.9 Å². The highest BCUT2D eigenvalue weighted by atomic mass is 16.4. The summed E-state index contributed by atoms with van der Waals surface area (Å²) in [6, 6.07) is -0.839. The summed E-state index contributed by atoms with van der Waals surface area (Å²) in [6.45, 7) is 5.50. The van der Waals surface area contributed by atoms with Crippen LogP contribution < -0.4 is 11.5 Å². The number of nitrogens with zero attached hydrogens (tertiary/aromatic N) is 2. The molecule has 0 aliphatic carbocycles. The van der Waals surface area contributed by atoms with Crippen molar-refractivity contribution in [2.24, 2.45) is 17.4 Å². The zero-order valence-corrected chi connectivity index (χ0v) is 18.4. The van der Waals surface area contributed by atoms with Crippen LogP contribution in [0.25, 0.3) is 0 Å². The molecule has 2 saturated heterocycles. The van der Waals surface area contributed by atoms with Gasteiger partial charge in [-0.25, -0.2) is 0 Å². The normalized spacial score (nSPS) is 25.7. The molecule has 4 atom stereocenters. The van der Waals surface area contributed by atoms with Crippen LogP contribution in [0.15, 0.2) is 0 Å². The summed E-state index contributed by atoms with van der Waals surface area (Å²) in [4.78, 5) is 26.9. The van der Waals surface area contributed by atoms with E-state index in [1.165, 1.54) is 32.1 Å². The van der Waals surface area contributed by atoms with Crippen molar-refractivity contribution in [3.8, 4) is 0 Å². The van der Waals surface area contributed by atoms with E-state index < -0.39 is 24.0 Å². The molecule has 0 amide bonds. The quantitative estimate of drug-likeness (QED) is 0.327. The Morgan fingerprint density at radius 2 is 1.47 bits per heavy atom. The molecule has 2 rings (SSSR count). The van der Waals surface area contributed by atoms with Gasteiger partial charge in [0.2, 0.25) is 0 Å². The van der Waals surface area contributed by atoms with Crippen molar-refractivity contribution < 1.29 is 19.8 Å². The first-order valence-electron chi connectivity index (χ1n) is 11.8. The Kier molecular flexibility index (Phi) is 11.1. The fourth-order valence-electron chi connectivity index (χ4n) is 5.06. The number of unbranched alkanes of at least 4 members (excludes halogenated alkanes) is 2. The number of carboxylic acid groups (broad SMARTS) is 2. The molecule has 1 unspecified atom stereocenters. The summed E-state index contributed by atoms with van der Waals surface area (Å²) in [5.74, 6) is -1.12. The van der Waals surface area contributed by atoms with E-state index in [2.05, 4.69) is 9.80 Å². The highest BCUT2D eigenvalue weighted by Crippen LogP contribution is 2.30. The molecule has 0 aromatic rings. The van der Waals surface area contributed by atoms with E-state index in [1.54, 1.807) is 0 Å². The van der Waals surface area contributed by atoms with Gasteiger partial charge < -0.3 is 31.5 Å². The average molecular weight is 427 g/mol. The van der Waals surface area contributed by atoms with Gasteiger partial charge in [0, 0.05) is 12.6 Å². The predicted molar refractivity (Wildman–Crippen MR) is 117 cm³/mol. The summed E-state index contributed by atoms with van der Waals surface area (Å²) < 4.78 is 0. The van der Waals surface area contributed by atoms with Crippen LogP contribution in [0.4, 0.5) is 0 Å². The minimum absolute atomic E-state index is 0.550. The summed E-state index contributed by atoms with van der Waals surface area (Å²) in [6.07, 6.45) is 11.2. The number of likely N-dealkylation sites (tertiary alicyclic amines) is 2. The van der Waals surface area contributed by atoms with Gasteiger partial charge in [0.05, 0.1) is 0 Å². The van der Waals surface area contributed by atoms with Crippen molar-refractivity contribution in [2.75, 3.05) is 32.7 Å². The van der Waals surface area contributed by atoms with Gasteiger partial charge in [-0.2, -0.15) is 0 Å². The molecular formula is C22H42N4O4. The molecule has 0 spiro atoms. The van der Waals surface area contributed by atoms with Gasteiger partial charge >= 0.3 is 11.9 Å². The molecule has 0 aromatic heterocycles. The molecule has 0 bridgehead atoms. The Balaban J connectivity index is 1.73. The van der Waals surface area contributed by atoms with E-state index >= 15 is 0 Å². The molecule has 6 N–H and O–H groups in total. The summed E-state index contributed by atoms with van der Waals surface area (Å²) in [7, 11) is 0. The summed E-state index contributed by atoms with van der Waals surface area (Å²) in [5.41, 5.74) is 11.2. The fraction of sp³-hybridized carbons (Fsp3) is 0.909. The van der Waals surface area contributed by atoms with Gasteiger partial charge in [-0.3, -0.25) is 9.59 Å². The maximum absolute atomic E-state index is 10.9. The maximum atomic E-state index is 10.9. The molecule has 0 aromatic carbocycles. The van der Waals surface area contributed by atoms with E-state index in [0.717, 1.165) is 58.4 Å². The minimum atomic E-state index is -0.907. The van der Waals surface area contributed by atoms with Crippen molar-refractivity contribution in [1.29, 1.82) is 0 Å². The minimum Gasteiger partial charge on any atom is -0.480 e. The molecule has 2 aliphatic rings. The Bertz CT molecular complexity index is 533. The van der Waals surface area contributed by atoms with Crippen LogP contribution in [0.2, 0.25) is 0 Å². The second kappa shape index (κ2) is 13.2. The molecule has 8 heteroatoms. The van der Waals surface area contributed by atoms with Gasteiger partial charge in [0.25, 0.3) is 0 Å². The Labute approximate surface area is 181 Å². The van der Waals surface area contributed by atoms with Gasteiger partial charge in [-0.05, 0) is 83.5 Å². The number of rotatable bonds is 13. The molecule has 2 fully saturated rings. The van der Waals surface area contributed by atoms with Crippen LogP contribution in [-0.4, -0.2) is 82.8 Å². The Morgan fingerprint density at radius 1 is 0.833 bits per heavy atom.